The van der Waals surface area contributed by atoms with Crippen LogP contribution in [0.25, 0.3) is 0 Å². The number of nitrogens with one attached hydrogen (secondary N) is 1. The van der Waals surface area contributed by atoms with Crippen LogP contribution in [0.2, 0.25) is 6.32 Å². The minimum atomic E-state index is 0.343. The molecule has 0 amide bonds. The van der Waals surface area contributed by atoms with Crippen LogP contribution in [0.1, 0.15) is 26.7 Å². The van der Waals surface area contributed by atoms with Crippen molar-refractivity contribution >= 4 is 7.05 Å². The lowest BCUT2D eigenvalue weighted by molar-refractivity contribution is 0.344. The van der Waals surface area contributed by atoms with E-state index in [0.717, 1.165) is 6.61 Å². The van der Waals surface area contributed by atoms with Crippen LogP contribution in [0.5, 0.6) is 0 Å². The van der Waals surface area contributed by atoms with E-state index in [-0.39, 0.29) is 0 Å². The highest BCUT2D eigenvalue weighted by Crippen LogP contribution is 2.06. The summed E-state index contributed by atoms with van der Waals surface area (Å²) < 4.78 is 5.46. The molecule has 3 heteroatoms. The van der Waals surface area contributed by atoms with Crippen LogP contribution in [0, 0.1) is 0 Å². The van der Waals surface area contributed by atoms with Gasteiger partial charge in [-0.05, 0) is 13.2 Å². The minimum Gasteiger partial charge on any atom is -0.420 e. The lowest BCUT2D eigenvalue weighted by Crippen LogP contribution is -2.32. The Morgan fingerprint density at radius 2 is 2.50 bits per heavy atom. The van der Waals surface area contributed by atoms with Gasteiger partial charge in [-0.2, -0.15) is 0 Å². The lowest BCUT2D eigenvalue weighted by atomic mass is 9.77. The first-order chi connectivity index (χ1) is 4.83. The summed E-state index contributed by atoms with van der Waals surface area (Å²) in [5, 5.41) is 3.37. The van der Waals surface area contributed by atoms with Crippen molar-refractivity contribution in [2.75, 3.05) is 6.61 Å². The van der Waals surface area contributed by atoms with Crippen LogP contribution in [-0.4, -0.2) is 19.7 Å². The Kier molecular flexibility index (Phi) is 3.22. The van der Waals surface area contributed by atoms with Gasteiger partial charge >= 0.3 is 7.05 Å². The van der Waals surface area contributed by atoms with Crippen molar-refractivity contribution in [3.63, 3.8) is 0 Å². The molecule has 1 rings (SSSR count). The summed E-state index contributed by atoms with van der Waals surface area (Å²) in [6.07, 6.45) is 3.70. The second-order valence-electron chi connectivity index (χ2n) is 3.03. The first-order valence-electron chi connectivity index (χ1n) is 4.20. The van der Waals surface area contributed by atoms with Gasteiger partial charge in [-0.15, -0.1) is 0 Å². The van der Waals surface area contributed by atoms with E-state index in [9.17, 15) is 0 Å². The molecule has 0 bridgehead atoms. The third-order valence-electron chi connectivity index (χ3n) is 1.84. The second kappa shape index (κ2) is 3.99. The molecule has 0 aromatic carbocycles. The summed E-state index contributed by atoms with van der Waals surface area (Å²) in [5.74, 6) is 0. The van der Waals surface area contributed by atoms with Crippen LogP contribution in [0.15, 0.2) is 0 Å². The molecule has 0 radical (unpaired) electrons. The highest BCUT2D eigenvalue weighted by molar-refractivity contribution is 6.49. The van der Waals surface area contributed by atoms with Crippen molar-refractivity contribution in [3.8, 4) is 0 Å². The zero-order valence-electron chi connectivity index (χ0n) is 6.89. The molecule has 1 heterocycles. The molecule has 10 heavy (non-hydrogen) atoms. The van der Waals surface area contributed by atoms with Crippen LogP contribution in [0.3, 0.4) is 0 Å². The molecule has 2 nitrogen and oxygen atoms in total. The van der Waals surface area contributed by atoms with Crippen LogP contribution >= 0.6 is 0 Å². The molecular formula is C7H16BNO. The third kappa shape index (κ3) is 2.31. The molecule has 1 atom stereocenters. The standard InChI is InChI=1S/C7H16BNO/c1-3-4-5-8-9-7(2)6-10-8/h7,9H,3-6H2,1-2H3. The van der Waals surface area contributed by atoms with E-state index >= 15 is 0 Å². The monoisotopic (exact) mass is 141 g/mol. The predicted molar refractivity (Wildman–Crippen MR) is 44.0 cm³/mol. The molecule has 0 spiro atoms. The Balaban J connectivity index is 2.06. The van der Waals surface area contributed by atoms with Crippen LogP contribution in [-0.2, 0) is 4.65 Å². The van der Waals surface area contributed by atoms with E-state index in [1.165, 1.54) is 19.2 Å². The molecule has 0 aromatic rings. The molecule has 1 unspecified atom stereocenters. The van der Waals surface area contributed by atoms with Gasteiger partial charge in [0.05, 0.1) is 0 Å². The van der Waals surface area contributed by atoms with Gasteiger partial charge in [0.25, 0.3) is 0 Å². The molecule has 0 aliphatic carbocycles. The Morgan fingerprint density at radius 1 is 1.70 bits per heavy atom. The summed E-state index contributed by atoms with van der Waals surface area (Å²) in [5.41, 5.74) is 0. The van der Waals surface area contributed by atoms with Crippen molar-refractivity contribution in [2.24, 2.45) is 0 Å². The van der Waals surface area contributed by atoms with E-state index in [0.29, 0.717) is 13.1 Å². The Labute approximate surface area is 63.5 Å². The molecule has 1 aliphatic rings. The molecule has 0 aromatic heterocycles. The van der Waals surface area contributed by atoms with Crippen molar-refractivity contribution in [2.45, 2.75) is 39.1 Å². The summed E-state index contributed by atoms with van der Waals surface area (Å²) in [6, 6.07) is 0.557. The van der Waals surface area contributed by atoms with Crippen LogP contribution in [0.4, 0.5) is 0 Å². The molecular weight excluding hydrogens is 125 g/mol. The Bertz CT molecular complexity index is 99.6. The zero-order chi connectivity index (χ0) is 7.40. The van der Waals surface area contributed by atoms with Crippen molar-refractivity contribution in [1.29, 1.82) is 0 Å². The van der Waals surface area contributed by atoms with Gasteiger partial charge in [0.15, 0.2) is 0 Å². The van der Waals surface area contributed by atoms with Gasteiger partial charge in [0, 0.05) is 12.6 Å². The van der Waals surface area contributed by atoms with Gasteiger partial charge in [-0.1, -0.05) is 19.8 Å². The largest absolute Gasteiger partial charge is 0.420 e. The van der Waals surface area contributed by atoms with Gasteiger partial charge < -0.3 is 9.88 Å². The molecule has 1 saturated heterocycles. The summed E-state index contributed by atoms with van der Waals surface area (Å²) in [6.45, 7) is 5.25. The first kappa shape index (κ1) is 8.09. The highest BCUT2D eigenvalue weighted by Gasteiger charge is 2.24. The highest BCUT2D eigenvalue weighted by atomic mass is 16.5. The molecule has 1 fully saturated rings. The Morgan fingerprint density at radius 3 is 3.00 bits per heavy atom. The van der Waals surface area contributed by atoms with Crippen molar-refractivity contribution < 1.29 is 4.65 Å². The predicted octanol–water partition coefficient (Wildman–Crippen LogP) is 1.28. The van der Waals surface area contributed by atoms with E-state index < -0.39 is 0 Å². The number of rotatable bonds is 3. The van der Waals surface area contributed by atoms with Gasteiger partial charge in [-0.3, -0.25) is 0 Å². The average molecular weight is 141 g/mol. The fraction of sp³-hybridized carbons (Fsp3) is 1.00. The maximum absolute atomic E-state index is 5.46. The maximum atomic E-state index is 5.46. The van der Waals surface area contributed by atoms with E-state index in [4.69, 9.17) is 4.65 Å². The molecule has 1 N–H and O–H groups in total. The first-order valence-corrected chi connectivity index (χ1v) is 4.20. The SMILES string of the molecule is CCCCB1NC(C)CO1. The van der Waals surface area contributed by atoms with Crippen LogP contribution < -0.4 is 5.23 Å². The zero-order valence-corrected chi connectivity index (χ0v) is 6.89. The number of hydrogen-bond acceptors (Lipinski definition) is 2. The van der Waals surface area contributed by atoms with E-state index in [1.54, 1.807) is 0 Å². The van der Waals surface area contributed by atoms with Crippen molar-refractivity contribution in [3.05, 3.63) is 0 Å². The topological polar surface area (TPSA) is 21.3 Å². The number of unbranched alkanes of at least 4 members (excludes halogenated alkanes) is 1. The summed E-state index contributed by atoms with van der Waals surface area (Å²) >= 11 is 0. The second-order valence-corrected chi connectivity index (χ2v) is 3.03. The smallest absolute Gasteiger partial charge is 0.379 e. The lowest BCUT2D eigenvalue weighted by Gasteiger charge is -2.02. The maximum Gasteiger partial charge on any atom is 0.379 e. The van der Waals surface area contributed by atoms with E-state index in [2.05, 4.69) is 19.1 Å². The van der Waals surface area contributed by atoms with Gasteiger partial charge in [0.2, 0.25) is 0 Å². The molecule has 58 valence electrons. The summed E-state index contributed by atoms with van der Waals surface area (Å²) in [7, 11) is 0.343. The Hall–Kier alpha value is -0.0151. The fourth-order valence-corrected chi connectivity index (χ4v) is 1.23. The fourth-order valence-electron chi connectivity index (χ4n) is 1.23. The third-order valence-corrected chi connectivity index (χ3v) is 1.84. The normalized spacial score (nSPS) is 25.8. The molecule has 0 saturated carbocycles. The summed E-state index contributed by atoms with van der Waals surface area (Å²) in [4.78, 5) is 0. The minimum absolute atomic E-state index is 0.343. The van der Waals surface area contributed by atoms with Gasteiger partial charge in [0.1, 0.15) is 0 Å². The van der Waals surface area contributed by atoms with Gasteiger partial charge in [-0.25, -0.2) is 0 Å². The van der Waals surface area contributed by atoms with Crippen molar-refractivity contribution in [1.82, 2.24) is 5.23 Å². The average Bonchev–Trinajstić information content (AvgIpc) is 2.31. The van der Waals surface area contributed by atoms with E-state index in [1.807, 2.05) is 0 Å². The quantitative estimate of drug-likeness (QED) is 0.597. The number of hydrogen-bond donors (Lipinski definition) is 1. The molecule has 1 aliphatic heterocycles.